The van der Waals surface area contributed by atoms with Crippen LogP contribution in [0.5, 0.6) is 0 Å². The number of imidazole rings is 1. The van der Waals surface area contributed by atoms with Gasteiger partial charge in [0.25, 0.3) is 0 Å². The molecule has 0 bridgehead atoms. The molecule has 1 aliphatic heterocycles. The zero-order valence-corrected chi connectivity index (χ0v) is 18.4. The molecule has 5 rings (SSSR count). The lowest BCUT2D eigenvalue weighted by Crippen LogP contribution is -2.33. The summed E-state index contributed by atoms with van der Waals surface area (Å²) in [5, 5.41) is 37.3. The van der Waals surface area contributed by atoms with Crippen LogP contribution in [0, 0.1) is 0 Å². The molecular formula is C22H34N6O4. The minimum absolute atomic E-state index is 0.342. The van der Waals surface area contributed by atoms with E-state index in [0.717, 1.165) is 25.7 Å². The maximum atomic E-state index is 10.5. The van der Waals surface area contributed by atoms with E-state index in [1.165, 1.54) is 38.5 Å². The summed E-state index contributed by atoms with van der Waals surface area (Å²) in [6, 6.07) is 0.692. The second-order valence-corrected chi connectivity index (χ2v) is 9.41. The van der Waals surface area contributed by atoms with Gasteiger partial charge in [-0.1, -0.05) is 38.5 Å². The SMILES string of the molecule is OC[C@H]1O[C@@H](n2cnc3c(NC4CCCCCC4)nc(NC4CCCC4)nc32)[C@H](O)[C@@H]1O. The van der Waals surface area contributed by atoms with Crippen molar-refractivity contribution in [3.8, 4) is 0 Å². The topological polar surface area (TPSA) is 138 Å². The van der Waals surface area contributed by atoms with E-state index in [4.69, 9.17) is 14.7 Å². The molecule has 2 aromatic heterocycles. The zero-order valence-electron chi connectivity index (χ0n) is 18.4. The molecule has 2 aromatic rings. The van der Waals surface area contributed by atoms with Crippen LogP contribution in [0.4, 0.5) is 11.8 Å². The van der Waals surface area contributed by atoms with Crippen molar-refractivity contribution in [2.45, 2.75) is 101 Å². The van der Waals surface area contributed by atoms with Gasteiger partial charge in [-0.3, -0.25) is 4.57 Å². The molecule has 0 aromatic carbocycles. The van der Waals surface area contributed by atoms with Crippen molar-refractivity contribution >= 4 is 22.9 Å². The highest BCUT2D eigenvalue weighted by molar-refractivity contribution is 5.84. The number of fused-ring (bicyclic) bond motifs is 1. The Kier molecular flexibility index (Phi) is 6.45. The van der Waals surface area contributed by atoms with E-state index >= 15 is 0 Å². The predicted molar refractivity (Wildman–Crippen MR) is 119 cm³/mol. The van der Waals surface area contributed by atoms with E-state index in [9.17, 15) is 15.3 Å². The summed E-state index contributed by atoms with van der Waals surface area (Å²) in [7, 11) is 0. The standard InChI is InChI=1S/C22H34N6O4/c29-11-15-17(30)18(31)21(32-15)28-12-23-16-19(24-13-7-3-1-2-4-8-13)26-22(27-20(16)28)25-14-9-5-6-10-14/h12-15,17-18,21,29-31H,1-11H2,(H2,24,25,26,27)/t15-,17-,18-,21-/m1/s1. The summed E-state index contributed by atoms with van der Waals surface area (Å²) in [5.41, 5.74) is 1.15. The Balaban J connectivity index is 1.50. The van der Waals surface area contributed by atoms with Gasteiger partial charge in [-0.2, -0.15) is 9.97 Å². The summed E-state index contributed by atoms with van der Waals surface area (Å²) in [6.07, 6.45) is 9.22. The summed E-state index contributed by atoms with van der Waals surface area (Å²) in [6.45, 7) is -0.376. The van der Waals surface area contributed by atoms with Crippen molar-refractivity contribution in [3.63, 3.8) is 0 Å². The van der Waals surface area contributed by atoms with E-state index in [1.54, 1.807) is 10.9 Å². The Bertz CT molecular complexity index is 909. The molecule has 0 amide bonds. The lowest BCUT2D eigenvalue weighted by molar-refractivity contribution is -0.0511. The van der Waals surface area contributed by atoms with Crippen LogP contribution in [-0.4, -0.2) is 71.8 Å². The van der Waals surface area contributed by atoms with Crippen LogP contribution < -0.4 is 10.6 Å². The van der Waals surface area contributed by atoms with Crippen LogP contribution in [0.15, 0.2) is 6.33 Å². The molecule has 2 aliphatic carbocycles. The maximum Gasteiger partial charge on any atom is 0.227 e. The van der Waals surface area contributed by atoms with Crippen molar-refractivity contribution in [3.05, 3.63) is 6.33 Å². The summed E-state index contributed by atoms with van der Waals surface area (Å²) in [5.74, 6) is 1.22. The minimum atomic E-state index is -1.19. The number of hydrogen-bond donors (Lipinski definition) is 5. The highest BCUT2D eigenvalue weighted by atomic mass is 16.6. The van der Waals surface area contributed by atoms with Gasteiger partial charge in [-0.15, -0.1) is 0 Å². The van der Waals surface area contributed by atoms with Gasteiger partial charge in [0.15, 0.2) is 23.2 Å². The lowest BCUT2D eigenvalue weighted by atomic mass is 10.1. The lowest BCUT2D eigenvalue weighted by Gasteiger charge is -2.20. The number of anilines is 2. The van der Waals surface area contributed by atoms with Gasteiger partial charge in [0.2, 0.25) is 5.95 Å². The summed E-state index contributed by atoms with van der Waals surface area (Å²) >= 11 is 0. The second kappa shape index (κ2) is 9.46. The first-order chi connectivity index (χ1) is 15.6. The number of aliphatic hydroxyl groups is 3. The van der Waals surface area contributed by atoms with Gasteiger partial charge in [-0.05, 0) is 25.7 Å². The van der Waals surface area contributed by atoms with Gasteiger partial charge in [-0.25, -0.2) is 4.98 Å². The number of nitrogens with one attached hydrogen (secondary N) is 2. The van der Waals surface area contributed by atoms with Crippen molar-refractivity contribution in [2.24, 2.45) is 0 Å². The third kappa shape index (κ3) is 4.28. The first kappa shape index (κ1) is 21.8. The highest BCUT2D eigenvalue weighted by Gasteiger charge is 2.44. The van der Waals surface area contributed by atoms with Crippen LogP contribution in [0.2, 0.25) is 0 Å². The number of ether oxygens (including phenoxy) is 1. The van der Waals surface area contributed by atoms with Crippen molar-refractivity contribution in [2.75, 3.05) is 17.2 Å². The van der Waals surface area contributed by atoms with Gasteiger partial charge in [0.05, 0.1) is 12.9 Å². The Hall–Kier alpha value is -2.01. The van der Waals surface area contributed by atoms with Crippen molar-refractivity contribution in [1.29, 1.82) is 0 Å². The molecule has 3 heterocycles. The van der Waals surface area contributed by atoms with Gasteiger partial charge in [0, 0.05) is 12.1 Å². The Morgan fingerprint density at radius 1 is 0.906 bits per heavy atom. The molecule has 0 radical (unpaired) electrons. The number of rotatable bonds is 6. The molecule has 5 N–H and O–H groups in total. The predicted octanol–water partition coefficient (Wildman–Crippen LogP) is 1.93. The van der Waals surface area contributed by atoms with Crippen LogP contribution in [-0.2, 0) is 4.74 Å². The summed E-state index contributed by atoms with van der Waals surface area (Å²) in [4.78, 5) is 14.1. The molecule has 176 valence electrons. The first-order valence-electron chi connectivity index (χ1n) is 12.0. The minimum Gasteiger partial charge on any atom is -0.394 e. The Morgan fingerprint density at radius 3 is 2.22 bits per heavy atom. The fourth-order valence-corrected chi connectivity index (χ4v) is 5.25. The average molecular weight is 447 g/mol. The third-order valence-electron chi connectivity index (χ3n) is 7.10. The number of nitrogens with zero attached hydrogens (tertiary/aromatic N) is 4. The monoisotopic (exact) mass is 446 g/mol. The van der Waals surface area contributed by atoms with E-state index in [1.807, 2.05) is 0 Å². The van der Waals surface area contributed by atoms with Crippen LogP contribution >= 0.6 is 0 Å². The molecule has 3 fully saturated rings. The zero-order chi connectivity index (χ0) is 22.1. The molecule has 10 heteroatoms. The third-order valence-corrected chi connectivity index (χ3v) is 7.10. The molecule has 10 nitrogen and oxygen atoms in total. The Labute approximate surface area is 187 Å². The largest absolute Gasteiger partial charge is 0.394 e. The van der Waals surface area contributed by atoms with Gasteiger partial charge >= 0.3 is 0 Å². The quantitative estimate of drug-likeness (QED) is 0.421. The van der Waals surface area contributed by atoms with E-state index in [2.05, 4.69) is 15.6 Å². The number of aromatic nitrogens is 4. The second-order valence-electron chi connectivity index (χ2n) is 9.41. The average Bonchev–Trinajstić information content (AvgIpc) is 3.46. The molecule has 4 atom stereocenters. The number of aliphatic hydroxyl groups excluding tert-OH is 3. The molecule has 1 saturated heterocycles. The molecular weight excluding hydrogens is 412 g/mol. The highest BCUT2D eigenvalue weighted by Crippen LogP contribution is 2.34. The van der Waals surface area contributed by atoms with Crippen LogP contribution in [0.25, 0.3) is 11.2 Å². The normalized spacial score (nSPS) is 30.1. The van der Waals surface area contributed by atoms with E-state index < -0.39 is 24.5 Å². The van der Waals surface area contributed by atoms with Gasteiger partial charge in [0.1, 0.15) is 18.3 Å². The van der Waals surface area contributed by atoms with E-state index in [-0.39, 0.29) is 6.61 Å². The maximum absolute atomic E-state index is 10.5. The molecule has 32 heavy (non-hydrogen) atoms. The molecule has 0 unspecified atom stereocenters. The fraction of sp³-hybridized carbons (Fsp3) is 0.773. The van der Waals surface area contributed by atoms with Crippen molar-refractivity contribution in [1.82, 2.24) is 19.5 Å². The fourth-order valence-electron chi connectivity index (χ4n) is 5.25. The van der Waals surface area contributed by atoms with Gasteiger partial charge < -0.3 is 30.7 Å². The first-order valence-corrected chi connectivity index (χ1v) is 12.0. The smallest absolute Gasteiger partial charge is 0.227 e. The van der Waals surface area contributed by atoms with Crippen molar-refractivity contribution < 1.29 is 20.1 Å². The molecule has 3 aliphatic rings. The van der Waals surface area contributed by atoms with Crippen LogP contribution in [0.1, 0.15) is 70.4 Å². The number of hydrogen-bond acceptors (Lipinski definition) is 9. The van der Waals surface area contributed by atoms with E-state index in [0.29, 0.717) is 35.0 Å². The Morgan fingerprint density at radius 2 is 1.56 bits per heavy atom. The molecule has 0 spiro atoms. The molecule has 2 saturated carbocycles. The summed E-state index contributed by atoms with van der Waals surface area (Å²) < 4.78 is 7.38. The van der Waals surface area contributed by atoms with Crippen LogP contribution in [0.3, 0.4) is 0 Å².